The number of aliphatic hydroxyl groups excluding tert-OH is 1. The van der Waals surface area contributed by atoms with Crippen LogP contribution in [-0.2, 0) is 0 Å². The average Bonchev–Trinajstić information content (AvgIpc) is 2.24. The highest BCUT2D eigenvalue weighted by Gasteiger charge is 2.22. The zero-order valence-electron chi connectivity index (χ0n) is 9.45. The maximum atomic E-state index is 13.0. The van der Waals surface area contributed by atoms with E-state index < -0.39 is 0 Å². The molecule has 0 radical (unpaired) electrons. The summed E-state index contributed by atoms with van der Waals surface area (Å²) in [5.41, 5.74) is 0.932. The van der Waals surface area contributed by atoms with Gasteiger partial charge in [0.25, 0.3) is 0 Å². The molecule has 88 valence electrons. The first-order valence-electron chi connectivity index (χ1n) is 5.76. The minimum absolute atomic E-state index is 0.0178. The number of ether oxygens (including phenoxy) is 1. The van der Waals surface area contributed by atoms with Crippen molar-refractivity contribution in [3.63, 3.8) is 0 Å². The van der Waals surface area contributed by atoms with Gasteiger partial charge in [-0.15, -0.1) is 0 Å². The van der Waals surface area contributed by atoms with Gasteiger partial charge < -0.3 is 9.84 Å². The maximum Gasteiger partial charge on any atom is 0.126 e. The molecule has 0 saturated heterocycles. The molecule has 0 bridgehead atoms. The van der Waals surface area contributed by atoms with Crippen molar-refractivity contribution in [3.05, 3.63) is 29.6 Å². The van der Waals surface area contributed by atoms with Crippen LogP contribution in [0.1, 0.15) is 31.2 Å². The number of aliphatic hydroxyl groups is 1. The summed E-state index contributed by atoms with van der Waals surface area (Å²) in [5, 5.41) is 9.53. The van der Waals surface area contributed by atoms with Crippen LogP contribution in [0.4, 0.5) is 4.39 Å². The second kappa shape index (κ2) is 4.83. The SMILES string of the molecule is Cc1ccc(F)cc1OC1CCCC(O)C1. The van der Waals surface area contributed by atoms with E-state index >= 15 is 0 Å². The van der Waals surface area contributed by atoms with Crippen LogP contribution in [0.25, 0.3) is 0 Å². The molecule has 16 heavy (non-hydrogen) atoms. The molecule has 0 aliphatic heterocycles. The summed E-state index contributed by atoms with van der Waals surface area (Å²) in [7, 11) is 0. The lowest BCUT2D eigenvalue weighted by atomic mass is 9.95. The first-order valence-corrected chi connectivity index (χ1v) is 5.76. The van der Waals surface area contributed by atoms with Crippen molar-refractivity contribution in [3.8, 4) is 5.75 Å². The zero-order valence-corrected chi connectivity index (χ0v) is 9.45. The fourth-order valence-corrected chi connectivity index (χ4v) is 2.11. The molecule has 2 rings (SSSR count). The second-order valence-electron chi connectivity index (χ2n) is 4.47. The lowest BCUT2D eigenvalue weighted by Gasteiger charge is -2.27. The summed E-state index contributed by atoms with van der Waals surface area (Å²) in [4.78, 5) is 0. The smallest absolute Gasteiger partial charge is 0.126 e. The lowest BCUT2D eigenvalue weighted by Crippen LogP contribution is -2.28. The van der Waals surface area contributed by atoms with E-state index in [1.54, 1.807) is 6.07 Å². The Morgan fingerprint density at radius 2 is 2.19 bits per heavy atom. The number of hydrogen-bond acceptors (Lipinski definition) is 2. The molecule has 1 fully saturated rings. The molecule has 0 spiro atoms. The fourth-order valence-electron chi connectivity index (χ4n) is 2.11. The molecule has 1 N–H and O–H groups in total. The molecular weight excluding hydrogens is 207 g/mol. The van der Waals surface area contributed by atoms with E-state index in [0.717, 1.165) is 24.8 Å². The van der Waals surface area contributed by atoms with Crippen LogP contribution in [-0.4, -0.2) is 17.3 Å². The minimum Gasteiger partial charge on any atom is -0.490 e. The summed E-state index contributed by atoms with van der Waals surface area (Å²) < 4.78 is 18.8. The van der Waals surface area contributed by atoms with Gasteiger partial charge in [-0.05, 0) is 37.8 Å². The maximum absolute atomic E-state index is 13.0. The third-order valence-corrected chi connectivity index (χ3v) is 3.04. The van der Waals surface area contributed by atoms with Gasteiger partial charge in [-0.1, -0.05) is 6.07 Å². The monoisotopic (exact) mass is 224 g/mol. The first-order chi connectivity index (χ1) is 7.65. The number of benzene rings is 1. The zero-order chi connectivity index (χ0) is 11.5. The normalized spacial score (nSPS) is 25.4. The number of halogens is 1. The molecule has 0 aromatic heterocycles. The molecular formula is C13H17FO2. The Kier molecular flexibility index (Phi) is 3.44. The van der Waals surface area contributed by atoms with Gasteiger partial charge >= 0.3 is 0 Å². The lowest BCUT2D eigenvalue weighted by molar-refractivity contribution is 0.0532. The summed E-state index contributed by atoms with van der Waals surface area (Å²) in [5.74, 6) is 0.316. The van der Waals surface area contributed by atoms with Crippen LogP contribution in [0.3, 0.4) is 0 Å². The first kappa shape index (κ1) is 11.4. The molecule has 1 aliphatic carbocycles. The Morgan fingerprint density at radius 3 is 2.94 bits per heavy atom. The van der Waals surface area contributed by atoms with E-state index in [9.17, 15) is 9.50 Å². The minimum atomic E-state index is -0.281. The molecule has 0 amide bonds. The summed E-state index contributed by atoms with van der Waals surface area (Å²) in [6.45, 7) is 1.90. The van der Waals surface area contributed by atoms with Crippen molar-refractivity contribution in [2.75, 3.05) is 0 Å². The standard InChI is InChI=1S/C13H17FO2/c1-9-5-6-10(14)7-13(9)16-12-4-2-3-11(15)8-12/h5-7,11-12,15H,2-4,8H2,1H3. The van der Waals surface area contributed by atoms with E-state index in [4.69, 9.17) is 4.74 Å². The molecule has 1 aromatic carbocycles. The van der Waals surface area contributed by atoms with Crippen LogP contribution in [0, 0.1) is 12.7 Å². The highest BCUT2D eigenvalue weighted by Crippen LogP contribution is 2.26. The van der Waals surface area contributed by atoms with Crippen LogP contribution in [0.15, 0.2) is 18.2 Å². The van der Waals surface area contributed by atoms with Crippen molar-refractivity contribution < 1.29 is 14.2 Å². The van der Waals surface area contributed by atoms with E-state index in [0.29, 0.717) is 12.2 Å². The highest BCUT2D eigenvalue weighted by molar-refractivity contribution is 5.32. The molecule has 3 heteroatoms. The predicted molar refractivity (Wildman–Crippen MR) is 60.0 cm³/mol. The molecule has 2 unspecified atom stereocenters. The Morgan fingerprint density at radius 1 is 1.38 bits per heavy atom. The van der Waals surface area contributed by atoms with Crippen LogP contribution in [0.2, 0.25) is 0 Å². The third kappa shape index (κ3) is 2.73. The predicted octanol–water partition coefficient (Wildman–Crippen LogP) is 2.82. The Labute approximate surface area is 95.1 Å². The fraction of sp³-hybridized carbons (Fsp3) is 0.538. The van der Waals surface area contributed by atoms with Gasteiger partial charge in [0.1, 0.15) is 17.7 Å². The number of rotatable bonds is 2. The average molecular weight is 224 g/mol. The van der Waals surface area contributed by atoms with Crippen LogP contribution >= 0.6 is 0 Å². The van der Waals surface area contributed by atoms with Crippen molar-refractivity contribution in [2.24, 2.45) is 0 Å². The van der Waals surface area contributed by atoms with Gasteiger partial charge in [-0.3, -0.25) is 0 Å². The summed E-state index contributed by atoms with van der Waals surface area (Å²) in [6.07, 6.45) is 3.15. The summed E-state index contributed by atoms with van der Waals surface area (Å²) in [6, 6.07) is 4.55. The van der Waals surface area contributed by atoms with Gasteiger partial charge in [-0.2, -0.15) is 0 Å². The topological polar surface area (TPSA) is 29.5 Å². The van der Waals surface area contributed by atoms with E-state index in [-0.39, 0.29) is 18.0 Å². The molecule has 0 heterocycles. The van der Waals surface area contributed by atoms with Crippen LogP contribution in [0.5, 0.6) is 5.75 Å². The van der Waals surface area contributed by atoms with Gasteiger partial charge in [-0.25, -0.2) is 4.39 Å². The summed E-state index contributed by atoms with van der Waals surface area (Å²) >= 11 is 0. The van der Waals surface area contributed by atoms with Gasteiger partial charge in [0, 0.05) is 12.5 Å². The Balaban J connectivity index is 2.05. The Hall–Kier alpha value is -1.09. The highest BCUT2D eigenvalue weighted by atomic mass is 19.1. The second-order valence-corrected chi connectivity index (χ2v) is 4.47. The van der Waals surface area contributed by atoms with Crippen molar-refractivity contribution in [2.45, 2.75) is 44.8 Å². The molecule has 1 saturated carbocycles. The van der Waals surface area contributed by atoms with E-state index in [1.807, 2.05) is 6.92 Å². The Bertz CT molecular complexity index is 365. The van der Waals surface area contributed by atoms with Crippen molar-refractivity contribution in [1.82, 2.24) is 0 Å². The molecule has 2 nitrogen and oxygen atoms in total. The molecule has 2 atom stereocenters. The van der Waals surface area contributed by atoms with E-state index in [2.05, 4.69) is 0 Å². The molecule has 1 aromatic rings. The largest absolute Gasteiger partial charge is 0.490 e. The van der Waals surface area contributed by atoms with Crippen molar-refractivity contribution in [1.29, 1.82) is 0 Å². The third-order valence-electron chi connectivity index (χ3n) is 3.04. The molecule has 1 aliphatic rings. The quantitative estimate of drug-likeness (QED) is 0.837. The van der Waals surface area contributed by atoms with Gasteiger partial charge in [0.2, 0.25) is 0 Å². The number of aryl methyl sites for hydroxylation is 1. The van der Waals surface area contributed by atoms with Crippen LogP contribution < -0.4 is 4.74 Å². The van der Waals surface area contributed by atoms with Gasteiger partial charge in [0.05, 0.1) is 6.10 Å². The van der Waals surface area contributed by atoms with E-state index in [1.165, 1.54) is 12.1 Å². The van der Waals surface area contributed by atoms with Crippen molar-refractivity contribution >= 4 is 0 Å². The van der Waals surface area contributed by atoms with Gasteiger partial charge in [0.15, 0.2) is 0 Å². The number of hydrogen-bond donors (Lipinski definition) is 1.